The topological polar surface area (TPSA) is 62.9 Å². The predicted molar refractivity (Wildman–Crippen MR) is 95.4 cm³/mol. The van der Waals surface area contributed by atoms with Crippen LogP contribution < -0.4 is 10.1 Å². The van der Waals surface area contributed by atoms with Gasteiger partial charge in [-0.2, -0.15) is 0 Å². The van der Waals surface area contributed by atoms with Gasteiger partial charge in [-0.15, -0.1) is 24.0 Å². The number of amidine groups is 1. The van der Waals surface area contributed by atoms with E-state index in [0.717, 1.165) is 0 Å². The van der Waals surface area contributed by atoms with E-state index in [2.05, 4.69) is 10.3 Å². The van der Waals surface area contributed by atoms with Crippen LogP contribution in [0, 0.1) is 11.2 Å². The van der Waals surface area contributed by atoms with E-state index < -0.39 is 5.82 Å². The smallest absolute Gasteiger partial charge is 0.157 e. The van der Waals surface area contributed by atoms with Crippen molar-refractivity contribution in [2.75, 3.05) is 18.7 Å². The van der Waals surface area contributed by atoms with E-state index in [-0.39, 0.29) is 40.0 Å². The Bertz CT molecular complexity index is 652. The van der Waals surface area contributed by atoms with E-state index in [1.54, 1.807) is 12.3 Å². The van der Waals surface area contributed by atoms with E-state index in [1.165, 1.54) is 42.0 Å². The van der Waals surface area contributed by atoms with Gasteiger partial charge >= 0.3 is 0 Å². The van der Waals surface area contributed by atoms with Crippen molar-refractivity contribution in [3.8, 4) is 11.4 Å². The van der Waals surface area contributed by atoms with Gasteiger partial charge in [0.15, 0.2) is 11.0 Å². The number of aromatic nitrogens is 2. The number of thioether (sulfide) groups is 1. The predicted octanol–water partition coefficient (Wildman–Crippen LogP) is 4.00. The van der Waals surface area contributed by atoms with E-state index >= 15 is 0 Å². The van der Waals surface area contributed by atoms with Crippen molar-refractivity contribution in [3.05, 3.63) is 35.6 Å². The van der Waals surface area contributed by atoms with Gasteiger partial charge in [0, 0.05) is 18.0 Å². The van der Waals surface area contributed by atoms with Crippen LogP contribution in [0.3, 0.4) is 0 Å². The van der Waals surface area contributed by atoms with Crippen LogP contribution in [-0.2, 0) is 0 Å². The van der Waals surface area contributed by atoms with Gasteiger partial charge in [-0.3, -0.25) is 9.98 Å². The third-order valence-corrected chi connectivity index (χ3v) is 3.23. The Balaban J connectivity index is 0.00000220. The summed E-state index contributed by atoms with van der Waals surface area (Å²) >= 11 is 6.96. The summed E-state index contributed by atoms with van der Waals surface area (Å²) in [6.45, 7) is 0. The average Bonchev–Trinajstić information content (AvgIpc) is 2.83. The fourth-order valence-electron chi connectivity index (χ4n) is 1.66. The van der Waals surface area contributed by atoms with Gasteiger partial charge in [0.05, 0.1) is 7.11 Å². The standard InChI is InChI=1S/C12H12ClFN4OS.HI/c1-19-9-4-7(17-12(15)20-2)3-8(14)11(9)18-5-10(13)16-6-18;/h3-6H,1-2H3,(H2,15,17);1H. The lowest BCUT2D eigenvalue weighted by Crippen LogP contribution is -2.07. The molecule has 0 amide bonds. The highest BCUT2D eigenvalue weighted by Crippen LogP contribution is 2.30. The Kier molecular flexibility index (Phi) is 6.75. The van der Waals surface area contributed by atoms with E-state index in [1.807, 2.05) is 0 Å². The molecule has 21 heavy (non-hydrogen) atoms. The number of nitrogens with one attached hydrogen (secondary N) is 2. The maximum atomic E-state index is 14.3. The molecule has 0 spiro atoms. The fraction of sp³-hybridized carbons (Fsp3) is 0.167. The molecule has 2 N–H and O–H groups in total. The molecular formula is C12H13ClFIN4OS. The second kappa shape index (κ2) is 7.85. The van der Waals surface area contributed by atoms with E-state index in [4.69, 9.17) is 21.7 Å². The van der Waals surface area contributed by atoms with Gasteiger partial charge in [0.1, 0.15) is 22.9 Å². The highest BCUT2D eigenvalue weighted by Gasteiger charge is 2.15. The van der Waals surface area contributed by atoms with Crippen LogP contribution in [0.5, 0.6) is 5.75 Å². The Morgan fingerprint density at radius 1 is 1.52 bits per heavy atom. The van der Waals surface area contributed by atoms with Crippen molar-refractivity contribution in [2.24, 2.45) is 0 Å². The summed E-state index contributed by atoms with van der Waals surface area (Å²) in [4.78, 5) is 3.85. The Hall–Kier alpha value is -1.00. The molecule has 0 saturated carbocycles. The highest BCUT2D eigenvalue weighted by atomic mass is 127. The zero-order chi connectivity index (χ0) is 14.7. The van der Waals surface area contributed by atoms with Gasteiger partial charge in [-0.1, -0.05) is 23.4 Å². The number of ether oxygens (including phenoxy) is 1. The first-order valence-corrected chi connectivity index (χ1v) is 7.12. The van der Waals surface area contributed by atoms with Crippen molar-refractivity contribution >= 4 is 58.2 Å². The number of halogens is 3. The lowest BCUT2D eigenvalue weighted by molar-refractivity contribution is 0.409. The molecule has 0 fully saturated rings. The molecule has 0 aliphatic heterocycles. The summed E-state index contributed by atoms with van der Waals surface area (Å²) in [5.41, 5.74) is 0.654. The van der Waals surface area contributed by atoms with Crippen molar-refractivity contribution in [3.63, 3.8) is 0 Å². The van der Waals surface area contributed by atoms with E-state index in [0.29, 0.717) is 11.4 Å². The zero-order valence-electron chi connectivity index (χ0n) is 11.2. The summed E-state index contributed by atoms with van der Waals surface area (Å²) < 4.78 is 20.9. The van der Waals surface area contributed by atoms with Gasteiger partial charge in [-0.05, 0) is 12.3 Å². The number of benzene rings is 1. The number of nitrogens with zero attached hydrogens (tertiary/aromatic N) is 2. The molecule has 1 heterocycles. The van der Waals surface area contributed by atoms with Crippen LogP contribution in [0.15, 0.2) is 24.7 Å². The van der Waals surface area contributed by atoms with Crippen LogP contribution in [0.1, 0.15) is 0 Å². The maximum absolute atomic E-state index is 14.3. The van der Waals surface area contributed by atoms with Gasteiger partial charge in [-0.25, -0.2) is 9.37 Å². The summed E-state index contributed by atoms with van der Waals surface area (Å²) in [7, 11) is 1.44. The molecule has 0 aliphatic carbocycles. The zero-order valence-corrected chi connectivity index (χ0v) is 15.1. The quantitative estimate of drug-likeness (QED) is 0.428. The lowest BCUT2D eigenvalue weighted by Gasteiger charge is -2.13. The molecule has 0 aliphatic rings. The molecule has 0 bridgehead atoms. The number of anilines is 1. The Labute approximate surface area is 147 Å². The molecule has 5 nitrogen and oxygen atoms in total. The number of imidazole rings is 1. The second-order valence-corrected chi connectivity index (χ2v) is 4.97. The molecule has 0 saturated heterocycles. The number of rotatable bonds is 3. The SMILES string of the molecule is COc1cc(NC(=N)SC)cc(F)c1-n1cnc(Cl)c1.I. The number of methoxy groups -OCH3 is 1. The van der Waals surface area contributed by atoms with Gasteiger partial charge in [0.2, 0.25) is 0 Å². The molecule has 2 rings (SSSR count). The molecular weight excluding hydrogens is 430 g/mol. The lowest BCUT2D eigenvalue weighted by atomic mass is 10.2. The summed E-state index contributed by atoms with van der Waals surface area (Å²) in [6, 6.07) is 2.90. The molecule has 9 heteroatoms. The first-order chi connectivity index (χ1) is 9.55. The minimum Gasteiger partial charge on any atom is -0.494 e. The molecule has 1 aromatic heterocycles. The molecule has 0 radical (unpaired) electrons. The number of hydrogen-bond donors (Lipinski definition) is 2. The Morgan fingerprint density at radius 2 is 2.24 bits per heavy atom. The fourth-order valence-corrected chi connectivity index (χ4v) is 2.02. The van der Waals surface area contributed by atoms with Crippen molar-refractivity contribution in [2.45, 2.75) is 0 Å². The van der Waals surface area contributed by atoms with Crippen molar-refractivity contribution < 1.29 is 9.13 Å². The Morgan fingerprint density at radius 3 is 2.76 bits per heavy atom. The van der Waals surface area contributed by atoms with Crippen LogP contribution in [0.4, 0.5) is 10.1 Å². The molecule has 114 valence electrons. The molecule has 2 aromatic rings. The monoisotopic (exact) mass is 442 g/mol. The van der Waals surface area contributed by atoms with Crippen LogP contribution >= 0.6 is 47.3 Å². The maximum Gasteiger partial charge on any atom is 0.157 e. The van der Waals surface area contributed by atoms with Crippen molar-refractivity contribution in [1.82, 2.24) is 9.55 Å². The number of hydrogen-bond acceptors (Lipinski definition) is 4. The van der Waals surface area contributed by atoms with Crippen molar-refractivity contribution in [1.29, 1.82) is 5.41 Å². The average molecular weight is 443 g/mol. The second-order valence-electron chi connectivity index (χ2n) is 3.77. The van der Waals surface area contributed by atoms with Gasteiger partial charge < -0.3 is 10.1 Å². The molecule has 1 aromatic carbocycles. The summed E-state index contributed by atoms with van der Waals surface area (Å²) in [6.07, 6.45) is 4.64. The minimum absolute atomic E-state index is 0. The largest absolute Gasteiger partial charge is 0.494 e. The normalized spacial score (nSPS) is 9.90. The van der Waals surface area contributed by atoms with Gasteiger partial charge in [0.25, 0.3) is 0 Å². The highest BCUT2D eigenvalue weighted by molar-refractivity contribution is 14.0. The van der Waals surface area contributed by atoms with Crippen LogP contribution in [-0.4, -0.2) is 28.1 Å². The van der Waals surface area contributed by atoms with Crippen LogP contribution in [0.2, 0.25) is 5.15 Å². The van der Waals surface area contributed by atoms with Crippen LogP contribution in [0.25, 0.3) is 5.69 Å². The summed E-state index contributed by atoms with van der Waals surface area (Å²) in [5.74, 6) is -0.190. The minimum atomic E-state index is -0.505. The first-order valence-electron chi connectivity index (χ1n) is 5.52. The first kappa shape index (κ1) is 18.1. The summed E-state index contributed by atoms with van der Waals surface area (Å²) in [5, 5.41) is 10.8. The van der Waals surface area contributed by atoms with E-state index in [9.17, 15) is 4.39 Å². The molecule has 0 unspecified atom stereocenters. The third-order valence-electron chi connectivity index (χ3n) is 2.52. The molecule has 0 atom stereocenters. The third kappa shape index (κ3) is 4.24.